The van der Waals surface area contributed by atoms with E-state index in [0.29, 0.717) is 11.3 Å². The van der Waals surface area contributed by atoms with Crippen molar-refractivity contribution in [2.75, 3.05) is 20.8 Å². The maximum atomic E-state index is 12.5. The molecule has 2 aromatic rings. The third-order valence-electron chi connectivity index (χ3n) is 4.72. The number of aliphatic hydroxyl groups excluding tert-OH is 1. The van der Waals surface area contributed by atoms with Crippen molar-refractivity contribution in [3.63, 3.8) is 0 Å². The largest absolute Gasteiger partial charge is 0.497 e. The first-order valence-corrected chi connectivity index (χ1v) is 9.01. The average Bonchev–Trinajstić information content (AvgIpc) is 3.01. The Balaban J connectivity index is 1.74. The first-order chi connectivity index (χ1) is 14.4. The molecule has 30 heavy (non-hydrogen) atoms. The van der Waals surface area contributed by atoms with E-state index in [-0.39, 0.29) is 11.1 Å². The monoisotopic (exact) mass is 412 g/mol. The van der Waals surface area contributed by atoms with Gasteiger partial charge in [0.05, 0.1) is 25.3 Å². The zero-order chi connectivity index (χ0) is 21.8. The minimum Gasteiger partial charge on any atom is -0.497 e. The lowest BCUT2D eigenvalue weighted by Gasteiger charge is -2.23. The number of imide groups is 1. The Morgan fingerprint density at radius 3 is 2.07 bits per heavy atom. The Hall–Kier alpha value is -3.72. The highest BCUT2D eigenvalue weighted by atomic mass is 16.5. The first kappa shape index (κ1) is 21.0. The van der Waals surface area contributed by atoms with Gasteiger partial charge in [-0.25, -0.2) is 4.79 Å². The van der Waals surface area contributed by atoms with E-state index in [9.17, 15) is 24.3 Å². The van der Waals surface area contributed by atoms with Crippen LogP contribution < -0.4 is 10.1 Å². The topological polar surface area (TPSA) is 122 Å². The molecule has 3 amide bonds. The Morgan fingerprint density at radius 1 is 1.00 bits per heavy atom. The Kier molecular flexibility index (Phi) is 6.12. The summed E-state index contributed by atoms with van der Waals surface area (Å²) in [4.78, 5) is 50.3. The predicted molar refractivity (Wildman–Crippen MR) is 104 cm³/mol. The smallest absolute Gasteiger partial charge is 0.331 e. The molecule has 0 radical (unpaired) electrons. The molecule has 2 atom stereocenters. The number of ether oxygens (including phenoxy) is 2. The van der Waals surface area contributed by atoms with E-state index in [1.165, 1.54) is 31.4 Å². The molecule has 2 aromatic carbocycles. The maximum absolute atomic E-state index is 12.5. The third-order valence-corrected chi connectivity index (χ3v) is 4.72. The van der Waals surface area contributed by atoms with Crippen LogP contribution in [0, 0.1) is 0 Å². The van der Waals surface area contributed by atoms with Crippen LogP contribution in [0.1, 0.15) is 32.4 Å². The van der Waals surface area contributed by atoms with Gasteiger partial charge in [0.2, 0.25) is 5.91 Å². The van der Waals surface area contributed by atoms with Gasteiger partial charge in [0.1, 0.15) is 18.4 Å². The molecule has 0 aromatic heterocycles. The van der Waals surface area contributed by atoms with E-state index in [2.05, 4.69) is 10.1 Å². The van der Waals surface area contributed by atoms with Gasteiger partial charge in [0.15, 0.2) is 6.04 Å². The predicted octanol–water partition coefficient (Wildman–Crippen LogP) is 0.683. The Labute approximate surface area is 172 Å². The number of rotatable bonds is 7. The SMILES string of the molecule is COC(=O)C(NC(=O)CN1C(=O)c2ccccc2C1=O)C(O)c1ccc(OC)cc1. The minimum absolute atomic E-state index is 0.207. The molecular weight excluding hydrogens is 392 g/mol. The van der Waals surface area contributed by atoms with Gasteiger partial charge >= 0.3 is 5.97 Å². The lowest BCUT2D eigenvalue weighted by atomic mass is 10.0. The van der Waals surface area contributed by atoms with Crippen molar-refractivity contribution in [3.05, 3.63) is 65.2 Å². The number of fused-ring (bicyclic) bond motifs is 1. The van der Waals surface area contributed by atoms with Crippen molar-refractivity contribution in [1.82, 2.24) is 10.2 Å². The van der Waals surface area contributed by atoms with Crippen LogP contribution in [0.15, 0.2) is 48.5 Å². The number of hydrogen-bond acceptors (Lipinski definition) is 7. The Morgan fingerprint density at radius 2 is 1.57 bits per heavy atom. The van der Waals surface area contributed by atoms with Crippen molar-refractivity contribution in [3.8, 4) is 5.75 Å². The number of carbonyl (C=O) groups excluding carboxylic acids is 4. The number of esters is 1. The number of hydrogen-bond donors (Lipinski definition) is 2. The highest BCUT2D eigenvalue weighted by Crippen LogP contribution is 2.23. The van der Waals surface area contributed by atoms with Crippen LogP contribution in [0.2, 0.25) is 0 Å². The molecular formula is C21H20N2O7. The molecule has 2 N–H and O–H groups in total. The minimum atomic E-state index is -1.44. The second kappa shape index (κ2) is 8.75. The van der Waals surface area contributed by atoms with Gasteiger partial charge in [-0.15, -0.1) is 0 Å². The van der Waals surface area contributed by atoms with Gasteiger partial charge in [0.25, 0.3) is 11.8 Å². The number of aliphatic hydroxyl groups is 1. The van der Waals surface area contributed by atoms with Crippen molar-refractivity contribution in [1.29, 1.82) is 0 Å². The summed E-state index contributed by atoms with van der Waals surface area (Å²) in [7, 11) is 2.61. The summed E-state index contributed by atoms with van der Waals surface area (Å²) < 4.78 is 9.73. The fourth-order valence-corrected chi connectivity index (χ4v) is 3.13. The molecule has 0 spiro atoms. The van der Waals surface area contributed by atoms with Crippen LogP contribution in [0.5, 0.6) is 5.75 Å². The van der Waals surface area contributed by atoms with Crippen LogP contribution >= 0.6 is 0 Å². The first-order valence-electron chi connectivity index (χ1n) is 9.01. The highest BCUT2D eigenvalue weighted by molar-refractivity contribution is 6.22. The van der Waals surface area contributed by atoms with Crippen molar-refractivity contribution < 1.29 is 33.8 Å². The maximum Gasteiger partial charge on any atom is 0.331 e. The molecule has 1 aliphatic rings. The number of amides is 3. The summed E-state index contributed by atoms with van der Waals surface area (Å²) in [6, 6.07) is 11.0. The van der Waals surface area contributed by atoms with Crippen molar-refractivity contribution in [2.24, 2.45) is 0 Å². The highest BCUT2D eigenvalue weighted by Gasteiger charge is 2.38. The second-order valence-corrected chi connectivity index (χ2v) is 6.53. The summed E-state index contributed by atoms with van der Waals surface area (Å²) in [5.41, 5.74) is 0.753. The van der Waals surface area contributed by atoms with E-state index in [0.717, 1.165) is 12.0 Å². The van der Waals surface area contributed by atoms with Crippen molar-refractivity contribution >= 4 is 23.7 Å². The molecule has 3 rings (SSSR count). The van der Waals surface area contributed by atoms with E-state index in [1.807, 2.05) is 0 Å². The van der Waals surface area contributed by atoms with Gasteiger partial charge < -0.3 is 19.9 Å². The quantitative estimate of drug-likeness (QED) is 0.507. The van der Waals surface area contributed by atoms with E-state index >= 15 is 0 Å². The fraction of sp³-hybridized carbons (Fsp3) is 0.238. The van der Waals surface area contributed by atoms with Gasteiger partial charge in [-0.1, -0.05) is 24.3 Å². The van der Waals surface area contributed by atoms with Gasteiger partial charge in [-0.2, -0.15) is 0 Å². The van der Waals surface area contributed by atoms with Crippen LogP contribution in [-0.2, 0) is 14.3 Å². The van der Waals surface area contributed by atoms with Crippen molar-refractivity contribution in [2.45, 2.75) is 12.1 Å². The molecule has 2 unspecified atom stereocenters. The summed E-state index contributed by atoms with van der Waals surface area (Å²) in [5.74, 6) is -2.33. The molecule has 9 nitrogen and oxygen atoms in total. The molecule has 1 heterocycles. The number of nitrogens with one attached hydrogen (secondary N) is 1. The molecule has 156 valence electrons. The summed E-state index contributed by atoms with van der Waals surface area (Å²) >= 11 is 0. The molecule has 0 aliphatic carbocycles. The molecule has 0 saturated carbocycles. The van der Waals surface area contributed by atoms with Crippen LogP contribution in [0.25, 0.3) is 0 Å². The second-order valence-electron chi connectivity index (χ2n) is 6.53. The number of nitrogens with zero attached hydrogens (tertiary/aromatic N) is 1. The molecule has 9 heteroatoms. The van der Waals surface area contributed by atoms with Gasteiger partial charge in [-0.3, -0.25) is 19.3 Å². The van der Waals surface area contributed by atoms with E-state index in [1.54, 1.807) is 24.3 Å². The van der Waals surface area contributed by atoms with Crippen LogP contribution in [0.4, 0.5) is 0 Å². The van der Waals surface area contributed by atoms with E-state index < -0.39 is 42.4 Å². The average molecular weight is 412 g/mol. The molecule has 0 fully saturated rings. The fourth-order valence-electron chi connectivity index (χ4n) is 3.13. The van der Waals surface area contributed by atoms with Gasteiger partial charge in [-0.05, 0) is 29.8 Å². The number of methoxy groups -OCH3 is 2. The molecule has 0 bridgehead atoms. The lowest BCUT2D eigenvalue weighted by Crippen LogP contribution is -2.49. The molecule has 1 aliphatic heterocycles. The number of carbonyl (C=O) groups is 4. The zero-order valence-electron chi connectivity index (χ0n) is 16.3. The summed E-state index contributed by atoms with van der Waals surface area (Å²) in [6.07, 6.45) is -1.42. The third kappa shape index (κ3) is 4.01. The van der Waals surface area contributed by atoms with Crippen LogP contribution in [-0.4, -0.2) is 60.5 Å². The van der Waals surface area contributed by atoms with E-state index in [4.69, 9.17) is 4.74 Å². The standard InChI is InChI=1S/C21H20N2O7/c1-29-13-9-7-12(8-10-13)18(25)17(21(28)30-2)22-16(24)11-23-19(26)14-5-3-4-6-15(14)20(23)27/h3-10,17-18,25H,11H2,1-2H3,(H,22,24). The Bertz CT molecular complexity index is 952. The van der Waals surface area contributed by atoms with Gasteiger partial charge in [0, 0.05) is 0 Å². The molecule has 0 saturated heterocycles. The van der Waals surface area contributed by atoms with Crippen LogP contribution in [0.3, 0.4) is 0 Å². The normalized spacial score (nSPS) is 14.7. The number of benzene rings is 2. The lowest BCUT2D eigenvalue weighted by molar-refractivity contribution is -0.148. The zero-order valence-corrected chi connectivity index (χ0v) is 16.3. The summed E-state index contributed by atoms with van der Waals surface area (Å²) in [5, 5.41) is 12.9. The summed E-state index contributed by atoms with van der Waals surface area (Å²) in [6.45, 7) is -0.602.